The summed E-state index contributed by atoms with van der Waals surface area (Å²) in [5.74, 6) is -4.06. The average molecular weight is 722 g/mol. The number of carboxylic acids is 1. The van der Waals surface area contributed by atoms with E-state index >= 15 is 0 Å². The van der Waals surface area contributed by atoms with E-state index in [0.29, 0.717) is 11.3 Å². The number of esters is 1. The van der Waals surface area contributed by atoms with Gasteiger partial charge < -0.3 is 25.0 Å². The number of nitrogens with zero attached hydrogens (tertiary/aromatic N) is 5. The lowest BCUT2D eigenvalue weighted by Gasteiger charge is -2.20. The van der Waals surface area contributed by atoms with E-state index in [-0.39, 0.29) is 40.5 Å². The van der Waals surface area contributed by atoms with E-state index in [9.17, 15) is 36.7 Å². The van der Waals surface area contributed by atoms with Gasteiger partial charge in [-0.25, -0.2) is 19.2 Å². The molecule has 3 heterocycles. The Balaban J connectivity index is 1.40. The molecule has 1 aromatic heterocycles. The number of carbonyl (C=O) groups is 4. The summed E-state index contributed by atoms with van der Waals surface area (Å²) in [6, 6.07) is 10.1. The van der Waals surface area contributed by atoms with Crippen molar-refractivity contribution in [1.82, 2.24) is 35.4 Å². The first-order valence-corrected chi connectivity index (χ1v) is 15.7. The van der Waals surface area contributed by atoms with Gasteiger partial charge in [-0.15, -0.1) is 0 Å². The van der Waals surface area contributed by atoms with E-state index in [0.717, 1.165) is 6.07 Å². The van der Waals surface area contributed by atoms with Crippen molar-refractivity contribution in [2.45, 2.75) is 51.5 Å². The number of carboxylic acid groups (broad SMARTS) is 1. The summed E-state index contributed by atoms with van der Waals surface area (Å²) in [6.07, 6.45) is -2.17. The summed E-state index contributed by atoms with van der Waals surface area (Å²) in [5.41, 5.74) is -0.0861. The molecule has 13 nitrogen and oxygen atoms in total. The number of aromatic nitrogens is 5. The van der Waals surface area contributed by atoms with Crippen LogP contribution in [0.3, 0.4) is 0 Å². The highest BCUT2D eigenvalue weighted by Gasteiger charge is 2.35. The molecular formula is C35H31F4N7O6. The molecule has 0 radical (unpaired) electrons. The Morgan fingerprint density at radius 1 is 0.885 bits per heavy atom. The fraction of sp³-hybridized carbons (Fsp3) is 0.257. The Morgan fingerprint density at radius 3 is 2.29 bits per heavy atom. The smallest absolute Gasteiger partial charge is 0.417 e. The van der Waals surface area contributed by atoms with Gasteiger partial charge in [0.15, 0.2) is 11.9 Å². The molecule has 0 saturated carbocycles. The molecule has 0 aliphatic carbocycles. The molecule has 2 amide bonds. The fourth-order valence-corrected chi connectivity index (χ4v) is 5.10. The number of fused-ring (bicyclic) bond motifs is 1. The molecular weight excluding hydrogens is 690 g/mol. The number of carbonyl (C=O) groups excluding carboxylic acids is 3. The summed E-state index contributed by atoms with van der Waals surface area (Å²) >= 11 is 0. The number of pyridine rings is 1. The number of imidazole rings is 1. The monoisotopic (exact) mass is 721 g/mol. The van der Waals surface area contributed by atoms with Crippen LogP contribution in [-0.2, 0) is 30.1 Å². The van der Waals surface area contributed by atoms with Gasteiger partial charge in [0.1, 0.15) is 30.2 Å². The minimum atomic E-state index is -4.67. The highest BCUT2D eigenvalue weighted by atomic mass is 19.4. The zero-order chi connectivity index (χ0) is 37.7. The van der Waals surface area contributed by atoms with E-state index in [1.54, 1.807) is 6.07 Å². The van der Waals surface area contributed by atoms with Crippen molar-refractivity contribution in [2.24, 2.45) is 0 Å². The number of hydrogen-bond acceptors (Lipinski definition) is 9. The van der Waals surface area contributed by atoms with Crippen LogP contribution in [0, 0.1) is 12.7 Å². The van der Waals surface area contributed by atoms with Gasteiger partial charge in [-0.3, -0.25) is 14.4 Å². The van der Waals surface area contributed by atoms with Gasteiger partial charge in [-0.1, -0.05) is 29.8 Å². The average Bonchev–Trinajstić information content (AvgIpc) is 3.52. The zero-order valence-corrected chi connectivity index (χ0v) is 27.8. The lowest BCUT2D eigenvalue weighted by Crippen LogP contribution is -2.49. The maximum Gasteiger partial charge on any atom is 0.417 e. The van der Waals surface area contributed by atoms with Crippen molar-refractivity contribution in [1.29, 1.82) is 0 Å². The Hall–Kier alpha value is -6.26. The molecule has 0 spiro atoms. The number of nitrogens with one attached hydrogen (secondary N) is 2. The SMILES string of the molecule is Cc1ccc(-c2ccc(C(C(=O)OCCC(=O)NC(C)C(=O)NC(C)C(=O)O)n3ccc4nc(-c5ccccc5F)nc-4c3)nn2)c(C(F)(F)F)c1. The Kier molecular flexibility index (Phi) is 10.9. The Labute approximate surface area is 293 Å². The van der Waals surface area contributed by atoms with Gasteiger partial charge in [0.05, 0.1) is 34.6 Å². The number of ether oxygens (including phenoxy) is 1. The van der Waals surface area contributed by atoms with Gasteiger partial charge in [0.25, 0.3) is 0 Å². The zero-order valence-electron chi connectivity index (χ0n) is 27.8. The first kappa shape index (κ1) is 37.0. The van der Waals surface area contributed by atoms with Crippen LogP contribution >= 0.6 is 0 Å². The molecule has 0 saturated heterocycles. The predicted octanol–water partition coefficient (Wildman–Crippen LogP) is 4.59. The number of halogens is 4. The molecule has 0 bridgehead atoms. The van der Waals surface area contributed by atoms with E-state index in [1.807, 2.05) is 0 Å². The van der Waals surface area contributed by atoms with Crippen LogP contribution in [0.25, 0.3) is 34.0 Å². The van der Waals surface area contributed by atoms with Gasteiger partial charge in [-0.05, 0) is 57.2 Å². The first-order chi connectivity index (χ1) is 24.6. The van der Waals surface area contributed by atoms with Crippen molar-refractivity contribution in [3.8, 4) is 34.0 Å². The van der Waals surface area contributed by atoms with Crippen molar-refractivity contribution in [3.63, 3.8) is 0 Å². The molecule has 2 aliphatic rings. The third-order valence-electron chi connectivity index (χ3n) is 7.82. The maximum atomic E-state index is 14.5. The fourth-order valence-electron chi connectivity index (χ4n) is 5.10. The minimum absolute atomic E-state index is 0.0325. The van der Waals surface area contributed by atoms with Gasteiger partial charge >= 0.3 is 18.1 Å². The second kappa shape index (κ2) is 15.3. The molecule has 3 aromatic rings. The van der Waals surface area contributed by atoms with E-state index in [2.05, 4.69) is 30.8 Å². The van der Waals surface area contributed by atoms with Crippen LogP contribution in [0.15, 0.2) is 73.1 Å². The molecule has 3 atom stereocenters. The normalized spacial score (nSPS) is 13.2. The summed E-state index contributed by atoms with van der Waals surface area (Å²) in [4.78, 5) is 58.1. The van der Waals surface area contributed by atoms with E-state index in [4.69, 9.17) is 9.84 Å². The number of aryl methyl sites for hydroxylation is 1. The molecule has 2 aromatic carbocycles. The molecule has 3 N–H and O–H groups in total. The molecule has 3 unspecified atom stereocenters. The molecule has 52 heavy (non-hydrogen) atoms. The van der Waals surface area contributed by atoms with E-state index < -0.39 is 66.0 Å². The van der Waals surface area contributed by atoms with E-state index in [1.165, 1.54) is 86.3 Å². The number of aliphatic carboxylic acids is 1. The summed E-state index contributed by atoms with van der Waals surface area (Å²) < 4.78 is 62.8. The van der Waals surface area contributed by atoms with Crippen molar-refractivity contribution < 1.29 is 46.6 Å². The van der Waals surface area contributed by atoms with Gasteiger partial charge in [-0.2, -0.15) is 23.4 Å². The van der Waals surface area contributed by atoms with Crippen molar-refractivity contribution in [3.05, 3.63) is 95.7 Å². The number of amides is 2. The molecule has 0 fully saturated rings. The summed E-state index contributed by atoms with van der Waals surface area (Å²) in [5, 5.41) is 21.7. The van der Waals surface area contributed by atoms with Crippen LogP contribution in [0.5, 0.6) is 0 Å². The van der Waals surface area contributed by atoms with Crippen molar-refractivity contribution in [2.75, 3.05) is 6.61 Å². The highest BCUT2D eigenvalue weighted by Crippen LogP contribution is 2.37. The standard InChI is InChI=1S/C35H31F4N7O6/c1-18-8-9-21(23(16-18)35(37,38)39)25-10-11-27(45-44-25)30(34(51)52-15-13-29(47)40-19(2)32(48)41-20(3)33(49)50)46-14-12-26-28(17-46)43-31(42-26)22-6-4-5-7-24(22)36/h4-12,14,16-17,19-20,30H,13,15H2,1-3H3,(H,40,47)(H,41,48)(H,49,50). The summed E-state index contributed by atoms with van der Waals surface area (Å²) in [7, 11) is 0. The topological polar surface area (TPSA) is 178 Å². The number of alkyl halides is 3. The molecule has 17 heteroatoms. The van der Waals surface area contributed by atoms with Crippen LogP contribution < -0.4 is 10.6 Å². The minimum Gasteiger partial charge on any atom is -0.480 e. The first-order valence-electron chi connectivity index (χ1n) is 15.7. The van der Waals surface area contributed by atoms with Crippen molar-refractivity contribution >= 4 is 23.8 Å². The van der Waals surface area contributed by atoms with Crippen LogP contribution in [-0.4, -0.2) is 72.3 Å². The van der Waals surface area contributed by atoms with Crippen LogP contribution in [0.1, 0.15) is 43.1 Å². The lowest BCUT2D eigenvalue weighted by atomic mass is 10.0. The second-order valence-electron chi connectivity index (χ2n) is 11.8. The number of hydrogen-bond donors (Lipinski definition) is 3. The number of benzene rings is 2. The second-order valence-corrected chi connectivity index (χ2v) is 11.8. The third-order valence-corrected chi connectivity index (χ3v) is 7.82. The molecule has 270 valence electrons. The predicted molar refractivity (Wildman–Crippen MR) is 176 cm³/mol. The van der Waals surface area contributed by atoms with Crippen LogP contribution in [0.2, 0.25) is 0 Å². The lowest BCUT2D eigenvalue weighted by molar-refractivity contribution is -0.147. The Morgan fingerprint density at radius 2 is 1.62 bits per heavy atom. The maximum absolute atomic E-state index is 14.5. The molecule has 5 rings (SSSR count). The molecule has 2 aliphatic heterocycles. The largest absolute Gasteiger partial charge is 0.480 e. The third kappa shape index (κ3) is 8.54. The Bertz CT molecular complexity index is 2090. The quantitative estimate of drug-likeness (QED) is 0.122. The van der Waals surface area contributed by atoms with Gasteiger partial charge in [0, 0.05) is 18.0 Å². The number of rotatable bonds is 12. The van der Waals surface area contributed by atoms with Crippen LogP contribution in [0.4, 0.5) is 17.6 Å². The van der Waals surface area contributed by atoms with Gasteiger partial charge in [0.2, 0.25) is 11.8 Å². The summed E-state index contributed by atoms with van der Waals surface area (Å²) in [6.45, 7) is 3.67. The highest BCUT2D eigenvalue weighted by molar-refractivity contribution is 5.90.